The summed E-state index contributed by atoms with van der Waals surface area (Å²) in [4.78, 5) is 10.9. The maximum absolute atomic E-state index is 10.9. The largest absolute Gasteiger partial charge is 0.478 e. The third-order valence-electron chi connectivity index (χ3n) is 5.21. The number of carboxylic acid groups (broad SMARTS) is 1. The maximum Gasteiger partial charge on any atom is 0.335 e. The number of nitrogens with zero attached hydrogens (tertiary/aromatic N) is 1. The van der Waals surface area contributed by atoms with E-state index in [1.54, 1.807) is 24.3 Å². The Labute approximate surface area is 152 Å². The van der Waals surface area contributed by atoms with Gasteiger partial charge in [-0.25, -0.2) is 4.79 Å². The van der Waals surface area contributed by atoms with Crippen molar-refractivity contribution in [1.82, 2.24) is 5.16 Å². The van der Waals surface area contributed by atoms with E-state index in [2.05, 4.69) is 29.4 Å². The standard InChI is InChI=1S/C22H21NO3/c24-22(25)19-12-8-17(9-13-19)20-14-21(26-23-20)18-10-6-16(7-11-18)15-4-2-1-3-5-15/h6-15H,1-5H2,(H,24,25). The van der Waals surface area contributed by atoms with Gasteiger partial charge in [0.15, 0.2) is 5.76 Å². The molecular formula is C22H21NO3. The number of aromatic nitrogens is 1. The van der Waals surface area contributed by atoms with E-state index in [0.717, 1.165) is 16.9 Å². The normalized spacial score (nSPS) is 15.1. The number of carbonyl (C=O) groups is 1. The van der Waals surface area contributed by atoms with Crippen LogP contribution in [-0.2, 0) is 0 Å². The summed E-state index contributed by atoms with van der Waals surface area (Å²) in [5, 5.41) is 13.1. The molecule has 1 fully saturated rings. The molecule has 0 spiro atoms. The van der Waals surface area contributed by atoms with Crippen LogP contribution in [0.5, 0.6) is 0 Å². The zero-order valence-corrected chi connectivity index (χ0v) is 14.5. The van der Waals surface area contributed by atoms with E-state index in [-0.39, 0.29) is 5.56 Å². The van der Waals surface area contributed by atoms with Gasteiger partial charge in [0, 0.05) is 17.2 Å². The summed E-state index contributed by atoms with van der Waals surface area (Å²) in [5.74, 6) is 0.476. The Morgan fingerprint density at radius 3 is 2.23 bits per heavy atom. The lowest BCUT2D eigenvalue weighted by molar-refractivity contribution is 0.0697. The van der Waals surface area contributed by atoms with Crippen molar-refractivity contribution in [1.29, 1.82) is 0 Å². The van der Waals surface area contributed by atoms with Crippen LogP contribution in [0.15, 0.2) is 59.1 Å². The van der Waals surface area contributed by atoms with Crippen molar-refractivity contribution in [3.05, 3.63) is 65.7 Å². The number of carboxylic acids is 1. The van der Waals surface area contributed by atoms with E-state index in [9.17, 15) is 4.79 Å². The van der Waals surface area contributed by atoms with Crippen molar-refractivity contribution in [2.75, 3.05) is 0 Å². The van der Waals surface area contributed by atoms with Crippen LogP contribution in [0.1, 0.15) is 53.9 Å². The lowest BCUT2D eigenvalue weighted by Crippen LogP contribution is -2.04. The minimum absolute atomic E-state index is 0.260. The van der Waals surface area contributed by atoms with Crippen molar-refractivity contribution >= 4 is 5.97 Å². The third kappa shape index (κ3) is 3.40. The van der Waals surface area contributed by atoms with Gasteiger partial charge in [0.1, 0.15) is 5.69 Å². The van der Waals surface area contributed by atoms with Gasteiger partial charge in [-0.15, -0.1) is 0 Å². The summed E-state index contributed by atoms with van der Waals surface area (Å²) in [5.41, 5.74) is 4.22. The van der Waals surface area contributed by atoms with Crippen LogP contribution in [-0.4, -0.2) is 16.2 Å². The van der Waals surface area contributed by atoms with Crippen LogP contribution in [0.4, 0.5) is 0 Å². The fraction of sp³-hybridized carbons (Fsp3) is 0.273. The second-order valence-electron chi connectivity index (χ2n) is 6.92. The monoisotopic (exact) mass is 347 g/mol. The zero-order valence-electron chi connectivity index (χ0n) is 14.5. The molecule has 4 rings (SSSR count). The fourth-order valence-electron chi connectivity index (χ4n) is 3.69. The molecule has 0 amide bonds. The molecule has 1 aliphatic carbocycles. The Balaban J connectivity index is 1.53. The van der Waals surface area contributed by atoms with Gasteiger partial charge in [0.2, 0.25) is 0 Å². The first kappa shape index (κ1) is 16.6. The smallest absolute Gasteiger partial charge is 0.335 e. The van der Waals surface area contributed by atoms with E-state index < -0.39 is 5.97 Å². The maximum atomic E-state index is 10.9. The topological polar surface area (TPSA) is 63.3 Å². The molecule has 0 atom stereocenters. The summed E-state index contributed by atoms with van der Waals surface area (Å²) < 4.78 is 5.50. The highest BCUT2D eigenvalue weighted by Crippen LogP contribution is 2.34. The van der Waals surface area contributed by atoms with Gasteiger partial charge in [-0.1, -0.05) is 60.8 Å². The summed E-state index contributed by atoms with van der Waals surface area (Å²) in [6.07, 6.45) is 6.61. The predicted octanol–water partition coefficient (Wildman–Crippen LogP) is 5.75. The van der Waals surface area contributed by atoms with Crippen molar-refractivity contribution in [2.24, 2.45) is 0 Å². The quantitative estimate of drug-likeness (QED) is 0.652. The van der Waals surface area contributed by atoms with Gasteiger partial charge < -0.3 is 9.63 Å². The Bertz CT molecular complexity index is 888. The first-order chi connectivity index (χ1) is 12.7. The van der Waals surface area contributed by atoms with Crippen LogP contribution < -0.4 is 0 Å². The molecule has 0 aliphatic heterocycles. The highest BCUT2D eigenvalue weighted by atomic mass is 16.5. The Hall–Kier alpha value is -2.88. The van der Waals surface area contributed by atoms with Crippen molar-refractivity contribution in [3.63, 3.8) is 0 Å². The van der Waals surface area contributed by atoms with E-state index in [1.807, 2.05) is 6.07 Å². The minimum atomic E-state index is -0.935. The Kier molecular flexibility index (Phi) is 4.57. The molecule has 0 radical (unpaired) electrons. The van der Waals surface area contributed by atoms with Gasteiger partial charge in [-0.2, -0.15) is 0 Å². The van der Waals surface area contributed by atoms with Crippen molar-refractivity contribution < 1.29 is 14.4 Å². The molecule has 0 saturated heterocycles. The molecule has 1 N–H and O–H groups in total. The number of hydrogen-bond acceptors (Lipinski definition) is 3. The molecule has 3 aromatic rings. The molecule has 4 nitrogen and oxygen atoms in total. The van der Waals surface area contributed by atoms with Crippen LogP contribution >= 0.6 is 0 Å². The highest BCUT2D eigenvalue weighted by molar-refractivity contribution is 5.88. The van der Waals surface area contributed by atoms with Crippen molar-refractivity contribution in [3.8, 4) is 22.6 Å². The third-order valence-corrected chi connectivity index (χ3v) is 5.21. The van der Waals surface area contributed by atoms with Crippen LogP contribution in [0.3, 0.4) is 0 Å². The van der Waals surface area contributed by atoms with E-state index in [4.69, 9.17) is 9.63 Å². The van der Waals surface area contributed by atoms with E-state index in [0.29, 0.717) is 11.6 Å². The van der Waals surface area contributed by atoms with Gasteiger partial charge in [-0.3, -0.25) is 0 Å². The summed E-state index contributed by atoms with van der Waals surface area (Å²) in [6, 6.07) is 17.1. The van der Waals surface area contributed by atoms with Gasteiger partial charge in [-0.05, 0) is 36.5 Å². The SMILES string of the molecule is O=C(O)c1ccc(-c2cc(-c3ccc(C4CCCCC4)cc3)on2)cc1. The number of benzene rings is 2. The summed E-state index contributed by atoms with van der Waals surface area (Å²) in [6.45, 7) is 0. The van der Waals surface area contributed by atoms with Crippen molar-refractivity contribution in [2.45, 2.75) is 38.0 Å². The summed E-state index contributed by atoms with van der Waals surface area (Å²) >= 11 is 0. The molecule has 26 heavy (non-hydrogen) atoms. The molecule has 1 heterocycles. The van der Waals surface area contributed by atoms with Crippen LogP contribution in [0, 0.1) is 0 Å². The average Bonchev–Trinajstić information content (AvgIpc) is 3.19. The lowest BCUT2D eigenvalue weighted by Gasteiger charge is -2.21. The second kappa shape index (κ2) is 7.16. The van der Waals surface area contributed by atoms with Gasteiger partial charge in [0.25, 0.3) is 0 Å². The lowest BCUT2D eigenvalue weighted by atomic mass is 9.84. The minimum Gasteiger partial charge on any atom is -0.478 e. The molecule has 1 aliphatic rings. The molecular weight excluding hydrogens is 326 g/mol. The Morgan fingerprint density at radius 2 is 1.58 bits per heavy atom. The second-order valence-corrected chi connectivity index (χ2v) is 6.92. The van der Waals surface area contributed by atoms with Crippen LogP contribution in [0.25, 0.3) is 22.6 Å². The number of rotatable bonds is 4. The number of hydrogen-bond donors (Lipinski definition) is 1. The predicted molar refractivity (Wildman–Crippen MR) is 100 cm³/mol. The van der Waals surface area contributed by atoms with Gasteiger partial charge >= 0.3 is 5.97 Å². The molecule has 4 heteroatoms. The van der Waals surface area contributed by atoms with Gasteiger partial charge in [0.05, 0.1) is 5.56 Å². The number of aromatic carboxylic acids is 1. The van der Waals surface area contributed by atoms with E-state index >= 15 is 0 Å². The first-order valence-corrected chi connectivity index (χ1v) is 9.11. The van der Waals surface area contributed by atoms with Crippen LogP contribution in [0.2, 0.25) is 0 Å². The Morgan fingerprint density at radius 1 is 0.923 bits per heavy atom. The molecule has 132 valence electrons. The summed E-state index contributed by atoms with van der Waals surface area (Å²) in [7, 11) is 0. The molecule has 1 aromatic heterocycles. The molecule has 1 saturated carbocycles. The molecule has 2 aromatic carbocycles. The van der Waals surface area contributed by atoms with E-state index in [1.165, 1.54) is 37.7 Å². The first-order valence-electron chi connectivity index (χ1n) is 9.11. The molecule has 0 bridgehead atoms. The molecule has 0 unspecified atom stereocenters. The zero-order chi connectivity index (χ0) is 17.9. The fourth-order valence-corrected chi connectivity index (χ4v) is 3.69. The highest BCUT2D eigenvalue weighted by Gasteiger charge is 2.16. The average molecular weight is 347 g/mol.